The molecule has 35 heavy (non-hydrogen) atoms. The number of fused-ring (bicyclic) bond motifs is 1. The Bertz CT molecular complexity index is 1220. The van der Waals surface area contributed by atoms with E-state index in [1.807, 2.05) is 0 Å². The Morgan fingerprint density at radius 1 is 1.17 bits per heavy atom. The summed E-state index contributed by atoms with van der Waals surface area (Å²) < 4.78 is 41.2. The summed E-state index contributed by atoms with van der Waals surface area (Å²) in [4.78, 5) is 50.2. The Morgan fingerprint density at radius 3 is 2.66 bits per heavy atom. The predicted octanol–water partition coefficient (Wildman–Crippen LogP) is 3.57. The van der Waals surface area contributed by atoms with Gasteiger partial charge in [0.2, 0.25) is 17.7 Å². The number of hydrogen-bond donors (Lipinski definition) is 2. The first-order valence-corrected chi connectivity index (χ1v) is 11.0. The molecular formula is C23H19ClF3N3O5. The molecule has 0 bridgehead atoms. The van der Waals surface area contributed by atoms with Crippen LogP contribution < -0.4 is 15.4 Å². The number of amides is 4. The smallest absolute Gasteiger partial charge is 0.406 e. The second-order valence-corrected chi connectivity index (χ2v) is 8.60. The number of nitrogens with one attached hydrogen (secondary N) is 2. The number of carbonyl (C=O) groups excluding carboxylic acids is 4. The van der Waals surface area contributed by atoms with Gasteiger partial charge < -0.3 is 15.0 Å². The van der Waals surface area contributed by atoms with Gasteiger partial charge in [0.25, 0.3) is 5.91 Å². The Morgan fingerprint density at radius 2 is 1.94 bits per heavy atom. The van der Waals surface area contributed by atoms with E-state index in [-0.39, 0.29) is 54.8 Å². The van der Waals surface area contributed by atoms with E-state index in [1.165, 1.54) is 11.0 Å². The second kappa shape index (κ2) is 9.57. The molecule has 0 aromatic heterocycles. The maximum atomic E-state index is 12.9. The predicted molar refractivity (Wildman–Crippen MR) is 118 cm³/mol. The first kappa shape index (κ1) is 24.5. The topological polar surface area (TPSA) is 105 Å². The van der Waals surface area contributed by atoms with E-state index in [9.17, 15) is 32.3 Å². The maximum Gasteiger partial charge on any atom is 0.573 e. The average molecular weight is 510 g/mol. The molecule has 2 heterocycles. The zero-order chi connectivity index (χ0) is 25.3. The normalized spacial score (nSPS) is 17.8. The van der Waals surface area contributed by atoms with Crippen LogP contribution in [0.3, 0.4) is 0 Å². The van der Waals surface area contributed by atoms with Crippen LogP contribution in [-0.4, -0.2) is 40.9 Å². The number of ether oxygens (including phenoxy) is 1. The molecule has 1 fully saturated rings. The summed E-state index contributed by atoms with van der Waals surface area (Å²) in [6.45, 7) is 0.248. The fourth-order valence-electron chi connectivity index (χ4n) is 4.07. The highest BCUT2D eigenvalue weighted by Crippen LogP contribution is 2.30. The number of hydrogen-bond acceptors (Lipinski definition) is 5. The Kier molecular flexibility index (Phi) is 6.70. The largest absolute Gasteiger partial charge is 0.573 e. The molecule has 1 unspecified atom stereocenters. The van der Waals surface area contributed by atoms with Gasteiger partial charge in [-0.1, -0.05) is 23.7 Å². The molecule has 1 saturated heterocycles. The number of alkyl halides is 3. The van der Waals surface area contributed by atoms with E-state index < -0.39 is 30.0 Å². The summed E-state index contributed by atoms with van der Waals surface area (Å²) >= 11 is 5.81. The molecular weight excluding hydrogens is 491 g/mol. The van der Waals surface area contributed by atoms with Crippen molar-refractivity contribution in [3.63, 3.8) is 0 Å². The molecule has 2 N–H and O–H groups in total. The summed E-state index contributed by atoms with van der Waals surface area (Å²) in [6.07, 6.45) is -4.22. The fourth-order valence-corrected chi connectivity index (χ4v) is 4.29. The standard InChI is InChI=1S/C23H19ClF3N3O5/c24-14-8-15(10-16(9-14)35-23(25,26)27)28-19(31)5-2-12-1-3-13-11-30(22(34)17(13)7-12)18-4-6-20(32)29-21(18)33/h1,3,7-10,18H,2,4-6,11H2,(H,28,31)(H,29,32,33). The van der Waals surface area contributed by atoms with Gasteiger partial charge in [-0.2, -0.15) is 0 Å². The molecule has 184 valence electrons. The van der Waals surface area contributed by atoms with Gasteiger partial charge in [-0.05, 0) is 42.2 Å². The van der Waals surface area contributed by atoms with E-state index in [0.29, 0.717) is 11.1 Å². The lowest BCUT2D eigenvalue weighted by atomic mass is 10.0. The molecule has 1 atom stereocenters. The monoisotopic (exact) mass is 509 g/mol. The third-order valence-electron chi connectivity index (χ3n) is 5.62. The van der Waals surface area contributed by atoms with Crippen molar-refractivity contribution in [2.24, 2.45) is 0 Å². The van der Waals surface area contributed by atoms with Crippen molar-refractivity contribution in [2.75, 3.05) is 5.32 Å². The Hall–Kier alpha value is -3.60. The highest BCUT2D eigenvalue weighted by atomic mass is 35.5. The SMILES string of the molecule is O=C1CCC(N2Cc3ccc(CCC(=O)Nc4cc(Cl)cc(OC(F)(F)F)c4)cc3C2=O)C(=O)N1. The Balaban J connectivity index is 1.37. The minimum atomic E-state index is -4.90. The zero-order valence-electron chi connectivity index (χ0n) is 18.1. The van der Waals surface area contributed by atoms with Crippen LogP contribution in [0, 0.1) is 0 Å². The molecule has 2 aromatic rings. The number of nitrogens with zero attached hydrogens (tertiary/aromatic N) is 1. The number of anilines is 1. The lowest BCUT2D eigenvalue weighted by Crippen LogP contribution is -2.52. The van der Waals surface area contributed by atoms with Crippen molar-refractivity contribution < 1.29 is 37.1 Å². The number of halogens is 4. The molecule has 0 aliphatic carbocycles. The van der Waals surface area contributed by atoms with Gasteiger partial charge >= 0.3 is 6.36 Å². The van der Waals surface area contributed by atoms with Crippen LogP contribution in [0.25, 0.3) is 0 Å². The highest BCUT2D eigenvalue weighted by molar-refractivity contribution is 6.31. The van der Waals surface area contributed by atoms with Crippen molar-refractivity contribution in [3.8, 4) is 5.75 Å². The quantitative estimate of drug-likeness (QED) is 0.579. The van der Waals surface area contributed by atoms with Gasteiger partial charge in [0.1, 0.15) is 11.8 Å². The maximum absolute atomic E-state index is 12.9. The molecule has 0 saturated carbocycles. The van der Waals surface area contributed by atoms with Crippen LogP contribution >= 0.6 is 11.6 Å². The molecule has 2 aromatic carbocycles. The van der Waals surface area contributed by atoms with Crippen molar-refractivity contribution in [1.82, 2.24) is 10.2 Å². The van der Waals surface area contributed by atoms with E-state index in [0.717, 1.165) is 17.7 Å². The van der Waals surface area contributed by atoms with E-state index in [4.69, 9.17) is 11.6 Å². The number of piperidine rings is 1. The molecule has 12 heteroatoms. The third kappa shape index (κ3) is 5.91. The molecule has 2 aliphatic rings. The van der Waals surface area contributed by atoms with Gasteiger partial charge in [0, 0.05) is 41.7 Å². The minimum absolute atomic E-state index is 0.00813. The number of carbonyl (C=O) groups is 4. The summed E-state index contributed by atoms with van der Waals surface area (Å²) in [5.74, 6) is -2.21. The summed E-state index contributed by atoms with van der Waals surface area (Å²) in [5, 5.41) is 4.69. The Labute approximate surface area is 202 Å². The number of imide groups is 1. The summed E-state index contributed by atoms with van der Waals surface area (Å²) in [5.41, 5.74) is 1.91. The second-order valence-electron chi connectivity index (χ2n) is 8.16. The zero-order valence-corrected chi connectivity index (χ0v) is 18.8. The van der Waals surface area contributed by atoms with Gasteiger partial charge in [-0.15, -0.1) is 13.2 Å². The summed E-state index contributed by atoms with van der Waals surface area (Å²) in [7, 11) is 0. The van der Waals surface area contributed by atoms with Gasteiger partial charge in [0.15, 0.2) is 0 Å². The van der Waals surface area contributed by atoms with Crippen LogP contribution in [0.5, 0.6) is 5.75 Å². The average Bonchev–Trinajstić information content (AvgIpc) is 3.06. The van der Waals surface area contributed by atoms with Gasteiger partial charge in [0.05, 0.1) is 0 Å². The first-order chi connectivity index (χ1) is 16.5. The van der Waals surface area contributed by atoms with Crippen molar-refractivity contribution in [2.45, 2.75) is 44.6 Å². The number of benzene rings is 2. The molecule has 2 aliphatic heterocycles. The van der Waals surface area contributed by atoms with Crippen molar-refractivity contribution in [1.29, 1.82) is 0 Å². The van der Waals surface area contributed by atoms with Gasteiger partial charge in [-0.3, -0.25) is 24.5 Å². The van der Waals surface area contributed by atoms with Crippen LogP contribution in [0.4, 0.5) is 18.9 Å². The molecule has 8 nitrogen and oxygen atoms in total. The molecule has 4 rings (SSSR count). The number of rotatable bonds is 6. The third-order valence-corrected chi connectivity index (χ3v) is 5.84. The van der Waals surface area contributed by atoms with Crippen LogP contribution in [0.1, 0.15) is 40.7 Å². The first-order valence-electron chi connectivity index (χ1n) is 10.6. The molecule has 0 radical (unpaired) electrons. The van der Waals surface area contributed by atoms with Gasteiger partial charge in [-0.25, -0.2) is 0 Å². The lowest BCUT2D eigenvalue weighted by Gasteiger charge is -2.29. The molecule has 0 spiro atoms. The summed E-state index contributed by atoms with van der Waals surface area (Å²) in [6, 6.07) is 7.74. The lowest BCUT2D eigenvalue weighted by molar-refractivity contribution is -0.274. The van der Waals surface area contributed by atoms with Crippen molar-refractivity contribution >= 4 is 40.9 Å². The van der Waals surface area contributed by atoms with E-state index >= 15 is 0 Å². The van der Waals surface area contributed by atoms with Crippen molar-refractivity contribution in [3.05, 3.63) is 58.1 Å². The minimum Gasteiger partial charge on any atom is -0.406 e. The molecule has 4 amide bonds. The van der Waals surface area contributed by atoms with Crippen LogP contribution in [-0.2, 0) is 27.3 Å². The van der Waals surface area contributed by atoms with Crippen LogP contribution in [0.2, 0.25) is 5.02 Å². The van der Waals surface area contributed by atoms with E-state index in [1.54, 1.807) is 18.2 Å². The van der Waals surface area contributed by atoms with Crippen LogP contribution in [0.15, 0.2) is 36.4 Å². The van der Waals surface area contributed by atoms with E-state index in [2.05, 4.69) is 15.4 Å². The highest BCUT2D eigenvalue weighted by Gasteiger charge is 2.39. The fraction of sp³-hybridized carbons (Fsp3) is 0.304. The number of aryl methyl sites for hydroxylation is 1.